The Labute approximate surface area is 106 Å². The molecule has 18 heavy (non-hydrogen) atoms. The summed E-state index contributed by atoms with van der Waals surface area (Å²) >= 11 is 0. The molecule has 0 spiro atoms. The normalized spacial score (nSPS) is 22.3. The van der Waals surface area contributed by atoms with Gasteiger partial charge in [0.2, 0.25) is 0 Å². The fourth-order valence-corrected chi connectivity index (χ4v) is 1.87. The van der Waals surface area contributed by atoms with E-state index in [0.717, 1.165) is 11.1 Å². The number of ether oxygens (including phenoxy) is 1. The maximum atomic E-state index is 11.7. The highest BCUT2D eigenvalue weighted by Crippen LogP contribution is 2.27. The van der Waals surface area contributed by atoms with Gasteiger partial charge in [0.25, 0.3) is 5.60 Å². The summed E-state index contributed by atoms with van der Waals surface area (Å²) in [5, 5.41) is 3.96. The molecule has 0 amide bonds. The predicted molar refractivity (Wildman–Crippen MR) is 67.2 cm³/mol. The fraction of sp³-hybridized carbons (Fsp3) is 0.385. The molecule has 0 saturated heterocycles. The molecule has 0 saturated carbocycles. The Bertz CT molecular complexity index is 482. The van der Waals surface area contributed by atoms with Gasteiger partial charge in [-0.2, -0.15) is 0 Å². The lowest BCUT2D eigenvalue weighted by Crippen LogP contribution is -2.46. The van der Waals surface area contributed by atoms with Crippen LogP contribution in [0.4, 0.5) is 0 Å². The number of methoxy groups -OCH3 is 1. The van der Waals surface area contributed by atoms with Gasteiger partial charge in [0.1, 0.15) is 0 Å². The molecule has 0 radical (unpaired) electrons. The Balaban J connectivity index is 2.20. The van der Waals surface area contributed by atoms with Gasteiger partial charge in [-0.25, -0.2) is 4.79 Å². The maximum Gasteiger partial charge on any atom is 0.354 e. The summed E-state index contributed by atoms with van der Waals surface area (Å²) in [6.45, 7) is 2.05. The highest BCUT2D eigenvalue weighted by molar-refractivity contribution is 6.04. The van der Waals surface area contributed by atoms with Gasteiger partial charge in [-0.05, 0) is 12.5 Å². The predicted octanol–water partition coefficient (Wildman–Crippen LogP) is 0.990. The zero-order valence-corrected chi connectivity index (χ0v) is 10.5. The van der Waals surface area contributed by atoms with E-state index in [1.165, 1.54) is 7.11 Å². The number of carbonyl (C=O) groups is 1. The number of hydrogen-bond acceptors (Lipinski definition) is 5. The molecule has 0 aliphatic carbocycles. The first-order chi connectivity index (χ1) is 8.61. The zero-order chi connectivity index (χ0) is 13.2. The lowest BCUT2D eigenvalue weighted by Gasteiger charge is -2.21. The molecule has 2 rings (SSSR count). The van der Waals surface area contributed by atoms with Crippen molar-refractivity contribution in [2.24, 2.45) is 10.9 Å². The first-order valence-corrected chi connectivity index (χ1v) is 5.72. The second kappa shape index (κ2) is 4.78. The Hall–Kier alpha value is -1.88. The Kier molecular flexibility index (Phi) is 3.34. The number of aryl methyl sites for hydroxylation is 1. The molecule has 1 aromatic rings. The second-order valence-corrected chi connectivity index (χ2v) is 4.36. The van der Waals surface area contributed by atoms with Gasteiger partial charge in [-0.3, -0.25) is 0 Å². The van der Waals surface area contributed by atoms with E-state index >= 15 is 0 Å². The number of benzene rings is 1. The number of carbonyl (C=O) groups excluding carboxylic acids is 1. The first-order valence-electron chi connectivity index (χ1n) is 5.72. The second-order valence-electron chi connectivity index (χ2n) is 4.36. The van der Waals surface area contributed by atoms with Crippen molar-refractivity contribution < 1.29 is 14.4 Å². The van der Waals surface area contributed by atoms with Crippen LogP contribution < -0.4 is 5.73 Å². The Morgan fingerprint density at radius 2 is 2.17 bits per heavy atom. The SMILES string of the molecule is COC(=O)C1(CN)CC(c2ccc(C)cc2)=NO1. The lowest BCUT2D eigenvalue weighted by molar-refractivity contribution is -0.165. The first kappa shape index (κ1) is 12.6. The van der Waals surface area contributed by atoms with Crippen LogP contribution >= 0.6 is 0 Å². The van der Waals surface area contributed by atoms with Crippen molar-refractivity contribution in [3.63, 3.8) is 0 Å². The summed E-state index contributed by atoms with van der Waals surface area (Å²) in [5.41, 5.74) is 7.25. The van der Waals surface area contributed by atoms with Gasteiger partial charge in [0, 0.05) is 13.0 Å². The third kappa shape index (κ3) is 2.09. The highest BCUT2D eigenvalue weighted by atomic mass is 16.7. The summed E-state index contributed by atoms with van der Waals surface area (Å²) in [6.07, 6.45) is 0.333. The average Bonchev–Trinajstić information content (AvgIpc) is 2.84. The van der Waals surface area contributed by atoms with E-state index in [1.807, 2.05) is 31.2 Å². The van der Waals surface area contributed by atoms with Gasteiger partial charge < -0.3 is 15.3 Å². The van der Waals surface area contributed by atoms with E-state index in [4.69, 9.17) is 15.3 Å². The van der Waals surface area contributed by atoms with Crippen LogP contribution in [0.5, 0.6) is 0 Å². The largest absolute Gasteiger partial charge is 0.466 e. The maximum absolute atomic E-state index is 11.7. The van der Waals surface area contributed by atoms with Gasteiger partial charge in [-0.15, -0.1) is 0 Å². The van der Waals surface area contributed by atoms with Crippen LogP contribution in [0, 0.1) is 6.92 Å². The summed E-state index contributed by atoms with van der Waals surface area (Å²) in [4.78, 5) is 16.9. The minimum Gasteiger partial charge on any atom is -0.466 e. The number of nitrogens with zero attached hydrogens (tertiary/aromatic N) is 1. The fourth-order valence-electron chi connectivity index (χ4n) is 1.87. The monoisotopic (exact) mass is 248 g/mol. The summed E-state index contributed by atoms with van der Waals surface area (Å²) in [5.74, 6) is -0.490. The van der Waals surface area contributed by atoms with Crippen molar-refractivity contribution in [2.75, 3.05) is 13.7 Å². The third-order valence-electron chi connectivity index (χ3n) is 3.06. The Morgan fingerprint density at radius 1 is 1.50 bits per heavy atom. The van der Waals surface area contributed by atoms with Crippen LogP contribution in [0.25, 0.3) is 0 Å². The standard InChI is InChI=1S/C13H16N2O3/c1-9-3-5-10(6-4-9)11-7-13(8-14,18-15-11)12(16)17-2/h3-6H,7-8,14H2,1-2H3. The molecule has 1 unspecified atom stereocenters. The number of hydrogen-bond donors (Lipinski definition) is 1. The smallest absolute Gasteiger partial charge is 0.354 e. The van der Waals surface area contributed by atoms with Crippen molar-refractivity contribution in [3.05, 3.63) is 35.4 Å². The van der Waals surface area contributed by atoms with Crippen molar-refractivity contribution in [2.45, 2.75) is 18.9 Å². The molecule has 0 fully saturated rings. The molecule has 1 heterocycles. The van der Waals surface area contributed by atoms with E-state index in [-0.39, 0.29) is 6.54 Å². The van der Waals surface area contributed by atoms with Crippen LogP contribution in [0.3, 0.4) is 0 Å². The highest BCUT2D eigenvalue weighted by Gasteiger charge is 2.46. The Morgan fingerprint density at radius 3 is 2.72 bits per heavy atom. The number of rotatable bonds is 3. The average molecular weight is 248 g/mol. The molecule has 5 nitrogen and oxygen atoms in total. The topological polar surface area (TPSA) is 73.9 Å². The van der Waals surface area contributed by atoms with Crippen LogP contribution in [-0.4, -0.2) is 30.9 Å². The zero-order valence-electron chi connectivity index (χ0n) is 10.5. The van der Waals surface area contributed by atoms with Gasteiger partial charge >= 0.3 is 5.97 Å². The molecule has 96 valence electrons. The molecular formula is C13H16N2O3. The number of nitrogens with two attached hydrogens (primary N) is 1. The molecule has 5 heteroatoms. The van der Waals surface area contributed by atoms with E-state index in [0.29, 0.717) is 12.1 Å². The van der Waals surface area contributed by atoms with Crippen molar-refractivity contribution in [3.8, 4) is 0 Å². The van der Waals surface area contributed by atoms with Crippen LogP contribution in [-0.2, 0) is 14.4 Å². The minimum atomic E-state index is -1.17. The van der Waals surface area contributed by atoms with Crippen LogP contribution in [0.15, 0.2) is 29.4 Å². The molecule has 1 aromatic carbocycles. The molecule has 1 atom stereocenters. The van der Waals surface area contributed by atoms with Crippen molar-refractivity contribution in [1.82, 2.24) is 0 Å². The minimum absolute atomic E-state index is 0.0402. The van der Waals surface area contributed by atoms with E-state index in [9.17, 15) is 4.79 Å². The number of esters is 1. The molecule has 0 bridgehead atoms. The lowest BCUT2D eigenvalue weighted by atomic mass is 9.94. The molecule has 0 aromatic heterocycles. The van der Waals surface area contributed by atoms with Crippen molar-refractivity contribution >= 4 is 11.7 Å². The third-order valence-corrected chi connectivity index (χ3v) is 3.06. The van der Waals surface area contributed by atoms with E-state index in [1.54, 1.807) is 0 Å². The quantitative estimate of drug-likeness (QED) is 0.809. The van der Waals surface area contributed by atoms with E-state index in [2.05, 4.69) is 5.16 Å². The molecule has 2 N–H and O–H groups in total. The van der Waals surface area contributed by atoms with Gasteiger partial charge in [-0.1, -0.05) is 35.0 Å². The molecular weight excluding hydrogens is 232 g/mol. The summed E-state index contributed by atoms with van der Waals surface area (Å²) in [6, 6.07) is 7.86. The summed E-state index contributed by atoms with van der Waals surface area (Å²) < 4.78 is 4.71. The van der Waals surface area contributed by atoms with Crippen LogP contribution in [0.2, 0.25) is 0 Å². The molecule has 1 aliphatic rings. The molecule has 1 aliphatic heterocycles. The number of oxime groups is 1. The van der Waals surface area contributed by atoms with Gasteiger partial charge in [0.05, 0.1) is 12.8 Å². The van der Waals surface area contributed by atoms with Crippen LogP contribution in [0.1, 0.15) is 17.5 Å². The van der Waals surface area contributed by atoms with E-state index < -0.39 is 11.6 Å². The summed E-state index contributed by atoms with van der Waals surface area (Å²) in [7, 11) is 1.31. The van der Waals surface area contributed by atoms with Gasteiger partial charge in [0.15, 0.2) is 0 Å². The van der Waals surface area contributed by atoms with Crippen molar-refractivity contribution in [1.29, 1.82) is 0 Å².